The number of rotatable bonds is 5. The number of nitrogens with zero attached hydrogens (tertiary/aromatic N) is 1. The fourth-order valence-electron chi connectivity index (χ4n) is 1.60. The third-order valence-corrected chi connectivity index (χ3v) is 2.34. The van der Waals surface area contributed by atoms with Gasteiger partial charge in [0.25, 0.3) is 0 Å². The fourth-order valence-corrected chi connectivity index (χ4v) is 1.60. The fraction of sp³-hybridized carbons (Fsp3) is 0.636. The van der Waals surface area contributed by atoms with Crippen molar-refractivity contribution < 1.29 is 9.59 Å². The minimum Gasteiger partial charge on any atom is -0.302 e. The van der Waals surface area contributed by atoms with E-state index in [4.69, 9.17) is 0 Å². The van der Waals surface area contributed by atoms with Crippen molar-refractivity contribution in [1.82, 2.24) is 10.2 Å². The van der Waals surface area contributed by atoms with Crippen molar-refractivity contribution in [3.05, 3.63) is 12.2 Å². The molecule has 2 amide bonds. The van der Waals surface area contributed by atoms with Crippen LogP contribution in [-0.2, 0) is 9.59 Å². The molecule has 0 aromatic heterocycles. The highest BCUT2D eigenvalue weighted by Gasteiger charge is 2.37. The standard InChI is InChI=1S/C11H18N2O2/c1-4-5-13-10(14)6-9(11(13)15)12-7-8(2)3/h9,12H,2,4-7H2,1,3H3. The number of carbonyl (C=O) groups excluding carboxylic acids is 2. The Kier molecular flexibility index (Phi) is 4.03. The summed E-state index contributed by atoms with van der Waals surface area (Å²) in [7, 11) is 0. The van der Waals surface area contributed by atoms with E-state index in [0.717, 1.165) is 12.0 Å². The predicted octanol–water partition coefficient (Wildman–Crippen LogP) is 0.690. The summed E-state index contributed by atoms with van der Waals surface area (Å²) < 4.78 is 0. The highest BCUT2D eigenvalue weighted by Crippen LogP contribution is 2.13. The zero-order valence-electron chi connectivity index (χ0n) is 9.38. The zero-order chi connectivity index (χ0) is 11.4. The molecule has 0 aromatic rings. The van der Waals surface area contributed by atoms with Gasteiger partial charge in [0.05, 0.1) is 12.5 Å². The second-order valence-electron chi connectivity index (χ2n) is 3.98. The SMILES string of the molecule is C=C(C)CNC1CC(=O)N(CCC)C1=O. The third kappa shape index (κ3) is 2.89. The summed E-state index contributed by atoms with van der Waals surface area (Å²) in [6.45, 7) is 8.70. The quantitative estimate of drug-likeness (QED) is 0.536. The normalized spacial score (nSPS) is 21.2. The molecule has 0 bridgehead atoms. The Labute approximate surface area is 90.3 Å². The molecule has 1 saturated heterocycles. The molecule has 84 valence electrons. The lowest BCUT2D eigenvalue weighted by Crippen LogP contribution is -2.39. The van der Waals surface area contributed by atoms with Gasteiger partial charge in [0, 0.05) is 13.1 Å². The molecule has 1 aliphatic heterocycles. The largest absolute Gasteiger partial charge is 0.302 e. The van der Waals surface area contributed by atoms with Crippen LogP contribution in [-0.4, -0.2) is 35.8 Å². The van der Waals surface area contributed by atoms with Crippen molar-refractivity contribution in [3.63, 3.8) is 0 Å². The first kappa shape index (κ1) is 11.9. The lowest BCUT2D eigenvalue weighted by molar-refractivity contribution is -0.138. The Morgan fingerprint density at radius 3 is 2.80 bits per heavy atom. The van der Waals surface area contributed by atoms with Crippen LogP contribution in [0.5, 0.6) is 0 Å². The Bertz CT molecular complexity index is 286. The van der Waals surface area contributed by atoms with Crippen molar-refractivity contribution in [2.24, 2.45) is 0 Å². The Morgan fingerprint density at radius 1 is 1.60 bits per heavy atom. The number of hydrogen-bond donors (Lipinski definition) is 1. The van der Waals surface area contributed by atoms with Crippen LogP contribution >= 0.6 is 0 Å². The Morgan fingerprint density at radius 2 is 2.27 bits per heavy atom. The number of hydrogen-bond acceptors (Lipinski definition) is 3. The van der Waals surface area contributed by atoms with E-state index in [0.29, 0.717) is 13.1 Å². The first-order valence-corrected chi connectivity index (χ1v) is 5.28. The maximum Gasteiger partial charge on any atom is 0.246 e. The maximum absolute atomic E-state index is 11.7. The first-order chi connectivity index (χ1) is 7.06. The molecule has 1 fully saturated rings. The number of amides is 2. The summed E-state index contributed by atoms with van der Waals surface area (Å²) in [6.07, 6.45) is 1.09. The number of imide groups is 1. The topological polar surface area (TPSA) is 49.4 Å². The second kappa shape index (κ2) is 5.07. The van der Waals surface area contributed by atoms with Gasteiger partial charge in [0.1, 0.15) is 0 Å². The Hall–Kier alpha value is -1.16. The summed E-state index contributed by atoms with van der Waals surface area (Å²) in [5.41, 5.74) is 0.962. The van der Waals surface area contributed by atoms with Gasteiger partial charge in [-0.15, -0.1) is 0 Å². The summed E-state index contributed by atoms with van der Waals surface area (Å²) in [6, 6.07) is -0.347. The van der Waals surface area contributed by atoms with Gasteiger partial charge in [-0.1, -0.05) is 19.1 Å². The molecule has 1 atom stereocenters. The van der Waals surface area contributed by atoms with E-state index in [1.165, 1.54) is 4.90 Å². The maximum atomic E-state index is 11.7. The van der Waals surface area contributed by atoms with Crippen molar-refractivity contribution in [2.75, 3.05) is 13.1 Å². The summed E-state index contributed by atoms with van der Waals surface area (Å²) in [4.78, 5) is 24.5. The molecule has 0 saturated carbocycles. The van der Waals surface area contributed by atoms with Crippen LogP contribution in [0.2, 0.25) is 0 Å². The van der Waals surface area contributed by atoms with E-state index >= 15 is 0 Å². The van der Waals surface area contributed by atoms with E-state index in [-0.39, 0.29) is 24.3 Å². The summed E-state index contributed by atoms with van der Waals surface area (Å²) in [5, 5.41) is 3.04. The van der Waals surface area contributed by atoms with Crippen LogP contribution in [0.3, 0.4) is 0 Å². The lowest BCUT2D eigenvalue weighted by Gasteiger charge is -2.14. The molecule has 0 aromatic carbocycles. The minimum atomic E-state index is -0.347. The summed E-state index contributed by atoms with van der Waals surface area (Å²) in [5.74, 6) is -0.163. The van der Waals surface area contributed by atoms with Crippen LogP contribution in [0.1, 0.15) is 26.7 Å². The zero-order valence-corrected chi connectivity index (χ0v) is 9.38. The highest BCUT2D eigenvalue weighted by atomic mass is 16.2. The van der Waals surface area contributed by atoms with Gasteiger partial charge in [0.2, 0.25) is 11.8 Å². The van der Waals surface area contributed by atoms with Crippen molar-refractivity contribution in [1.29, 1.82) is 0 Å². The van der Waals surface area contributed by atoms with E-state index in [1.807, 2.05) is 13.8 Å². The number of nitrogens with one attached hydrogen (secondary N) is 1. The molecule has 0 spiro atoms. The van der Waals surface area contributed by atoms with Gasteiger partial charge in [0.15, 0.2) is 0 Å². The van der Waals surface area contributed by atoms with E-state index in [9.17, 15) is 9.59 Å². The lowest BCUT2D eigenvalue weighted by atomic mass is 10.2. The molecule has 1 aliphatic rings. The van der Waals surface area contributed by atoms with Crippen LogP contribution in [0, 0.1) is 0 Å². The molecule has 1 heterocycles. The molecule has 1 N–H and O–H groups in total. The van der Waals surface area contributed by atoms with Crippen molar-refractivity contribution >= 4 is 11.8 Å². The Balaban J connectivity index is 2.53. The van der Waals surface area contributed by atoms with E-state index < -0.39 is 0 Å². The summed E-state index contributed by atoms with van der Waals surface area (Å²) >= 11 is 0. The molecule has 0 aliphatic carbocycles. The number of likely N-dealkylation sites (tertiary alicyclic amines) is 1. The van der Waals surface area contributed by atoms with Crippen LogP contribution in [0.4, 0.5) is 0 Å². The van der Waals surface area contributed by atoms with Crippen molar-refractivity contribution in [2.45, 2.75) is 32.7 Å². The van der Waals surface area contributed by atoms with Gasteiger partial charge in [-0.25, -0.2) is 0 Å². The molecule has 1 unspecified atom stereocenters. The van der Waals surface area contributed by atoms with Crippen LogP contribution < -0.4 is 5.32 Å². The minimum absolute atomic E-state index is 0.0685. The van der Waals surface area contributed by atoms with Gasteiger partial charge >= 0.3 is 0 Å². The third-order valence-electron chi connectivity index (χ3n) is 2.34. The monoisotopic (exact) mass is 210 g/mol. The van der Waals surface area contributed by atoms with Crippen LogP contribution in [0.15, 0.2) is 12.2 Å². The first-order valence-electron chi connectivity index (χ1n) is 5.28. The molecule has 1 rings (SSSR count). The molecule has 15 heavy (non-hydrogen) atoms. The van der Waals surface area contributed by atoms with Gasteiger partial charge in [-0.3, -0.25) is 14.5 Å². The molecule has 4 nitrogen and oxygen atoms in total. The molecule has 0 radical (unpaired) electrons. The molecular weight excluding hydrogens is 192 g/mol. The molecule has 4 heteroatoms. The van der Waals surface area contributed by atoms with Crippen LogP contribution in [0.25, 0.3) is 0 Å². The van der Waals surface area contributed by atoms with E-state index in [1.54, 1.807) is 0 Å². The smallest absolute Gasteiger partial charge is 0.246 e. The van der Waals surface area contributed by atoms with Gasteiger partial charge in [-0.05, 0) is 13.3 Å². The molecular formula is C11H18N2O2. The number of carbonyl (C=O) groups is 2. The average Bonchev–Trinajstić information content (AvgIpc) is 2.43. The second-order valence-corrected chi connectivity index (χ2v) is 3.98. The average molecular weight is 210 g/mol. The van der Waals surface area contributed by atoms with Gasteiger partial charge < -0.3 is 5.32 Å². The van der Waals surface area contributed by atoms with E-state index in [2.05, 4.69) is 11.9 Å². The van der Waals surface area contributed by atoms with Gasteiger partial charge in [-0.2, -0.15) is 0 Å². The highest BCUT2D eigenvalue weighted by molar-refractivity contribution is 6.05. The van der Waals surface area contributed by atoms with Crippen molar-refractivity contribution in [3.8, 4) is 0 Å². The predicted molar refractivity (Wildman–Crippen MR) is 58.2 cm³/mol.